The Hall–Kier alpha value is -2.69. The predicted molar refractivity (Wildman–Crippen MR) is 79.7 cm³/mol. The van der Waals surface area contributed by atoms with Gasteiger partial charge in [-0.15, -0.1) is 0 Å². The zero-order valence-electron chi connectivity index (χ0n) is 12.1. The molecule has 2 aromatic rings. The monoisotopic (exact) mass is 301 g/mol. The zero-order valence-corrected chi connectivity index (χ0v) is 12.1. The number of esters is 1. The third-order valence-corrected chi connectivity index (χ3v) is 3.06. The molecule has 0 aliphatic heterocycles. The summed E-state index contributed by atoms with van der Waals surface area (Å²) >= 11 is 0. The van der Waals surface area contributed by atoms with Crippen LogP contribution in [0.5, 0.6) is 0 Å². The van der Waals surface area contributed by atoms with E-state index >= 15 is 0 Å². The summed E-state index contributed by atoms with van der Waals surface area (Å²) < 4.78 is 18.2. The molecule has 0 heterocycles. The molecule has 0 aliphatic rings. The number of halogens is 1. The van der Waals surface area contributed by atoms with Gasteiger partial charge >= 0.3 is 5.97 Å². The maximum Gasteiger partial charge on any atom is 0.326 e. The molecule has 0 fully saturated rings. The van der Waals surface area contributed by atoms with Gasteiger partial charge in [-0.25, -0.2) is 4.39 Å². The molecule has 0 radical (unpaired) electrons. The van der Waals surface area contributed by atoms with Crippen LogP contribution in [0.1, 0.15) is 28.9 Å². The zero-order chi connectivity index (χ0) is 15.9. The topological polar surface area (TPSA) is 55.4 Å². The summed E-state index contributed by atoms with van der Waals surface area (Å²) in [5.41, 5.74) is 1.02. The number of nitrogens with one attached hydrogen (secondary N) is 1. The smallest absolute Gasteiger partial charge is 0.326 e. The van der Waals surface area contributed by atoms with Crippen molar-refractivity contribution in [1.29, 1.82) is 0 Å². The van der Waals surface area contributed by atoms with E-state index in [1.54, 1.807) is 6.92 Å². The fourth-order valence-electron chi connectivity index (χ4n) is 1.92. The van der Waals surface area contributed by atoms with Crippen molar-refractivity contribution in [3.05, 3.63) is 71.5 Å². The standard InChI is InChI=1S/C17H16FNO3/c1-12(13-6-3-2-4-7-13)22-16(20)11-19-17(21)14-8-5-9-15(18)10-14/h2-10,12H,11H2,1H3,(H,19,21)/t12-/m1/s1. The van der Waals surface area contributed by atoms with E-state index in [1.165, 1.54) is 18.2 Å². The van der Waals surface area contributed by atoms with Crippen LogP contribution >= 0.6 is 0 Å². The van der Waals surface area contributed by atoms with E-state index in [9.17, 15) is 14.0 Å². The summed E-state index contributed by atoms with van der Waals surface area (Å²) in [4.78, 5) is 23.5. The van der Waals surface area contributed by atoms with E-state index in [2.05, 4.69) is 5.32 Å². The van der Waals surface area contributed by atoms with Crippen LogP contribution in [-0.4, -0.2) is 18.4 Å². The first-order valence-electron chi connectivity index (χ1n) is 6.84. The lowest BCUT2D eigenvalue weighted by molar-refractivity contribution is -0.147. The Kier molecular flexibility index (Phi) is 5.25. The van der Waals surface area contributed by atoms with Gasteiger partial charge in [0.05, 0.1) is 0 Å². The Morgan fingerprint density at radius 2 is 1.86 bits per heavy atom. The Bertz CT molecular complexity index is 658. The largest absolute Gasteiger partial charge is 0.456 e. The van der Waals surface area contributed by atoms with Crippen molar-refractivity contribution >= 4 is 11.9 Å². The van der Waals surface area contributed by atoms with Crippen molar-refractivity contribution in [2.24, 2.45) is 0 Å². The van der Waals surface area contributed by atoms with Crippen LogP contribution in [0.2, 0.25) is 0 Å². The van der Waals surface area contributed by atoms with E-state index in [-0.39, 0.29) is 12.1 Å². The molecule has 114 valence electrons. The second-order valence-corrected chi connectivity index (χ2v) is 4.74. The Balaban J connectivity index is 1.84. The molecule has 2 rings (SSSR count). The number of rotatable bonds is 5. The lowest BCUT2D eigenvalue weighted by atomic mass is 10.1. The first-order chi connectivity index (χ1) is 10.6. The SMILES string of the molecule is C[C@@H](OC(=O)CNC(=O)c1cccc(F)c1)c1ccccc1. The molecule has 0 spiro atoms. The van der Waals surface area contributed by atoms with Crippen LogP contribution in [0.4, 0.5) is 4.39 Å². The molecule has 1 N–H and O–H groups in total. The first kappa shape index (κ1) is 15.7. The lowest BCUT2D eigenvalue weighted by Crippen LogP contribution is -2.31. The molecule has 0 bridgehead atoms. The van der Waals surface area contributed by atoms with Gasteiger partial charge in [-0.05, 0) is 30.7 Å². The third-order valence-electron chi connectivity index (χ3n) is 3.06. The molecule has 0 aliphatic carbocycles. The molecule has 0 saturated heterocycles. The highest BCUT2D eigenvalue weighted by atomic mass is 19.1. The highest BCUT2D eigenvalue weighted by Crippen LogP contribution is 2.15. The van der Waals surface area contributed by atoms with E-state index < -0.39 is 23.8 Å². The highest BCUT2D eigenvalue weighted by Gasteiger charge is 2.13. The van der Waals surface area contributed by atoms with Crippen molar-refractivity contribution in [3.63, 3.8) is 0 Å². The molecular weight excluding hydrogens is 285 g/mol. The summed E-state index contributed by atoms with van der Waals surface area (Å²) in [7, 11) is 0. The summed E-state index contributed by atoms with van der Waals surface area (Å²) in [6, 6.07) is 14.5. The van der Waals surface area contributed by atoms with Gasteiger partial charge in [0.25, 0.3) is 5.91 Å². The quantitative estimate of drug-likeness (QED) is 0.864. The van der Waals surface area contributed by atoms with Gasteiger partial charge < -0.3 is 10.1 Å². The van der Waals surface area contributed by atoms with Gasteiger partial charge in [-0.1, -0.05) is 36.4 Å². The molecule has 0 saturated carbocycles. The van der Waals surface area contributed by atoms with E-state index in [0.717, 1.165) is 11.6 Å². The third kappa shape index (κ3) is 4.41. The van der Waals surface area contributed by atoms with Crippen LogP contribution < -0.4 is 5.32 Å². The second-order valence-electron chi connectivity index (χ2n) is 4.74. The minimum absolute atomic E-state index is 0.156. The van der Waals surface area contributed by atoms with Crippen molar-refractivity contribution in [2.45, 2.75) is 13.0 Å². The van der Waals surface area contributed by atoms with Crippen molar-refractivity contribution in [3.8, 4) is 0 Å². The number of hydrogen-bond donors (Lipinski definition) is 1. The molecule has 1 atom stereocenters. The minimum atomic E-state index is -0.555. The summed E-state index contributed by atoms with van der Waals surface area (Å²) in [6.07, 6.45) is -0.403. The number of ether oxygens (including phenoxy) is 1. The first-order valence-corrected chi connectivity index (χ1v) is 6.84. The molecule has 1 amide bonds. The fraction of sp³-hybridized carbons (Fsp3) is 0.176. The minimum Gasteiger partial charge on any atom is -0.456 e. The maximum atomic E-state index is 13.0. The van der Waals surface area contributed by atoms with Crippen LogP contribution in [0.3, 0.4) is 0 Å². The normalized spacial score (nSPS) is 11.5. The molecule has 22 heavy (non-hydrogen) atoms. The Morgan fingerprint density at radius 1 is 1.14 bits per heavy atom. The van der Waals surface area contributed by atoms with Crippen molar-refractivity contribution in [2.75, 3.05) is 6.54 Å². The second kappa shape index (κ2) is 7.36. The Labute approximate surface area is 127 Å². The van der Waals surface area contributed by atoms with Gasteiger partial charge in [0.1, 0.15) is 18.5 Å². The van der Waals surface area contributed by atoms with Crippen LogP contribution in [-0.2, 0) is 9.53 Å². The van der Waals surface area contributed by atoms with Crippen LogP contribution in [0.15, 0.2) is 54.6 Å². The molecule has 5 heteroatoms. The molecular formula is C17H16FNO3. The van der Waals surface area contributed by atoms with Gasteiger partial charge in [0.15, 0.2) is 0 Å². The van der Waals surface area contributed by atoms with Gasteiger partial charge in [0.2, 0.25) is 0 Å². The molecule has 0 aromatic heterocycles. The average Bonchev–Trinajstić information content (AvgIpc) is 2.53. The van der Waals surface area contributed by atoms with E-state index in [1.807, 2.05) is 30.3 Å². The highest BCUT2D eigenvalue weighted by molar-refractivity contribution is 5.95. The molecule has 2 aromatic carbocycles. The van der Waals surface area contributed by atoms with Crippen molar-refractivity contribution in [1.82, 2.24) is 5.32 Å². The van der Waals surface area contributed by atoms with E-state index in [0.29, 0.717) is 0 Å². The van der Waals surface area contributed by atoms with Crippen LogP contribution in [0.25, 0.3) is 0 Å². The van der Waals surface area contributed by atoms with E-state index in [4.69, 9.17) is 4.74 Å². The summed E-state index contributed by atoms with van der Waals surface area (Å²) in [5, 5.41) is 2.40. The number of hydrogen-bond acceptors (Lipinski definition) is 3. The van der Waals surface area contributed by atoms with Crippen molar-refractivity contribution < 1.29 is 18.7 Å². The predicted octanol–water partition coefficient (Wildman–Crippen LogP) is 2.86. The van der Waals surface area contributed by atoms with Crippen LogP contribution in [0, 0.1) is 5.82 Å². The maximum absolute atomic E-state index is 13.0. The number of benzene rings is 2. The number of carbonyl (C=O) groups is 2. The molecule has 4 nitrogen and oxygen atoms in total. The summed E-state index contributed by atoms with van der Waals surface area (Å²) in [6.45, 7) is 1.48. The van der Waals surface area contributed by atoms with Gasteiger partial charge in [0, 0.05) is 5.56 Å². The number of carbonyl (C=O) groups excluding carboxylic acids is 2. The van der Waals surface area contributed by atoms with Gasteiger partial charge in [-0.2, -0.15) is 0 Å². The fourth-order valence-corrected chi connectivity index (χ4v) is 1.92. The molecule has 0 unspecified atom stereocenters. The Morgan fingerprint density at radius 3 is 2.55 bits per heavy atom. The average molecular weight is 301 g/mol. The van der Waals surface area contributed by atoms with Gasteiger partial charge in [-0.3, -0.25) is 9.59 Å². The number of amides is 1. The summed E-state index contributed by atoms with van der Waals surface area (Å²) in [5.74, 6) is -1.59. The lowest BCUT2D eigenvalue weighted by Gasteiger charge is -2.13.